The number of ether oxygens (including phenoxy) is 2. The molecule has 1 aromatic carbocycles. The molecule has 1 aromatic heterocycles. The summed E-state index contributed by atoms with van der Waals surface area (Å²) in [5.74, 6) is 0.630. The molecule has 3 nitrogen and oxygen atoms in total. The first-order chi connectivity index (χ1) is 11.2. The zero-order valence-electron chi connectivity index (χ0n) is 12.8. The van der Waals surface area contributed by atoms with Crippen molar-refractivity contribution in [2.24, 2.45) is 0 Å². The number of fused-ring (bicyclic) bond motifs is 2. The third-order valence-corrected chi connectivity index (χ3v) is 5.19. The highest BCUT2D eigenvalue weighted by molar-refractivity contribution is 9.09. The molecule has 0 saturated carbocycles. The third-order valence-electron chi connectivity index (χ3n) is 3.74. The highest BCUT2D eigenvalue weighted by Crippen LogP contribution is 2.40. The topological polar surface area (TPSA) is 35.5 Å². The van der Waals surface area contributed by atoms with Crippen molar-refractivity contribution in [2.75, 3.05) is 12.4 Å². The Balaban J connectivity index is 2.07. The minimum absolute atomic E-state index is 0.234. The molecule has 0 radical (unpaired) electrons. The molecule has 0 N–H and O–H groups in total. The maximum atomic E-state index is 11.6. The molecule has 0 amide bonds. The van der Waals surface area contributed by atoms with E-state index < -0.39 is 0 Å². The molecule has 5 heteroatoms. The Labute approximate surface area is 148 Å². The molecular weight excluding hydrogens is 376 g/mol. The van der Waals surface area contributed by atoms with Crippen molar-refractivity contribution in [3.05, 3.63) is 57.3 Å². The van der Waals surface area contributed by atoms with Crippen LogP contribution in [0.2, 0.25) is 0 Å². The van der Waals surface area contributed by atoms with Gasteiger partial charge < -0.3 is 9.47 Å². The standard InChI is InChI=1S/C18H17BrO3S/c1-21-17(20)10-12-4-5-16-15(9-12)14(3-2-7-19)18-13(11-22-16)6-8-23-18/h3-6,8-9H,2,7,10-11H2,1H3. The predicted octanol–water partition coefficient (Wildman–Crippen LogP) is 4.57. The summed E-state index contributed by atoms with van der Waals surface area (Å²) >= 11 is 5.22. The summed E-state index contributed by atoms with van der Waals surface area (Å²) in [6.07, 6.45) is 3.44. The number of hydrogen-bond acceptors (Lipinski definition) is 4. The van der Waals surface area contributed by atoms with Crippen molar-refractivity contribution in [3.63, 3.8) is 0 Å². The van der Waals surface area contributed by atoms with Crippen LogP contribution in [0.3, 0.4) is 0 Å². The zero-order chi connectivity index (χ0) is 16.2. The summed E-state index contributed by atoms with van der Waals surface area (Å²) in [5, 5.41) is 3.01. The SMILES string of the molecule is COC(=O)Cc1ccc2c(c1)C(=CCCBr)c1sccc1CO2. The second-order valence-electron chi connectivity index (χ2n) is 5.24. The normalized spacial score (nSPS) is 14.6. The van der Waals surface area contributed by atoms with Crippen molar-refractivity contribution < 1.29 is 14.3 Å². The minimum Gasteiger partial charge on any atom is -0.488 e. The van der Waals surface area contributed by atoms with E-state index in [1.54, 1.807) is 11.3 Å². The van der Waals surface area contributed by atoms with Crippen LogP contribution in [0.15, 0.2) is 35.7 Å². The number of allylic oxidation sites excluding steroid dienone is 1. The first-order valence-corrected chi connectivity index (χ1v) is 9.39. The van der Waals surface area contributed by atoms with Crippen LogP contribution in [-0.2, 0) is 22.6 Å². The van der Waals surface area contributed by atoms with Gasteiger partial charge in [-0.05, 0) is 41.1 Å². The number of esters is 1. The highest BCUT2D eigenvalue weighted by Gasteiger charge is 2.21. The molecule has 1 aliphatic rings. The Hall–Kier alpha value is -1.59. The van der Waals surface area contributed by atoms with Crippen LogP contribution in [0.5, 0.6) is 5.75 Å². The number of alkyl halides is 1. The van der Waals surface area contributed by atoms with E-state index in [0.29, 0.717) is 6.61 Å². The van der Waals surface area contributed by atoms with E-state index in [-0.39, 0.29) is 12.4 Å². The lowest BCUT2D eigenvalue weighted by atomic mass is 9.98. The summed E-state index contributed by atoms with van der Waals surface area (Å²) in [6, 6.07) is 8.04. The lowest BCUT2D eigenvalue weighted by molar-refractivity contribution is -0.139. The van der Waals surface area contributed by atoms with Gasteiger partial charge in [-0.3, -0.25) is 4.79 Å². The van der Waals surface area contributed by atoms with Gasteiger partial charge in [0.05, 0.1) is 13.5 Å². The summed E-state index contributed by atoms with van der Waals surface area (Å²) in [7, 11) is 1.41. The molecule has 2 heterocycles. The smallest absolute Gasteiger partial charge is 0.309 e. The molecule has 0 aliphatic carbocycles. The first-order valence-electron chi connectivity index (χ1n) is 7.38. The van der Waals surface area contributed by atoms with Gasteiger partial charge in [0.1, 0.15) is 12.4 Å². The zero-order valence-corrected chi connectivity index (χ0v) is 15.2. The van der Waals surface area contributed by atoms with E-state index in [0.717, 1.165) is 28.6 Å². The molecule has 120 valence electrons. The Bertz CT molecular complexity index is 748. The summed E-state index contributed by atoms with van der Waals surface area (Å²) < 4.78 is 10.7. The monoisotopic (exact) mass is 392 g/mol. The molecular formula is C18H17BrO3S. The lowest BCUT2D eigenvalue weighted by Gasteiger charge is -2.11. The second kappa shape index (κ2) is 7.32. The van der Waals surface area contributed by atoms with Crippen LogP contribution in [0.25, 0.3) is 5.57 Å². The molecule has 23 heavy (non-hydrogen) atoms. The highest BCUT2D eigenvalue weighted by atomic mass is 79.9. The van der Waals surface area contributed by atoms with Crippen molar-refractivity contribution in [2.45, 2.75) is 19.4 Å². The molecule has 0 spiro atoms. The van der Waals surface area contributed by atoms with Crippen molar-refractivity contribution in [1.82, 2.24) is 0 Å². The average molecular weight is 393 g/mol. The van der Waals surface area contributed by atoms with Gasteiger partial charge in [-0.1, -0.05) is 28.1 Å². The molecule has 0 saturated heterocycles. The summed E-state index contributed by atoms with van der Waals surface area (Å²) in [6.45, 7) is 0.577. The van der Waals surface area contributed by atoms with Crippen LogP contribution in [0, 0.1) is 0 Å². The number of halogens is 1. The molecule has 2 aromatic rings. The number of thiophene rings is 1. The number of carbonyl (C=O) groups excluding carboxylic acids is 1. The molecule has 0 unspecified atom stereocenters. The number of benzene rings is 1. The largest absolute Gasteiger partial charge is 0.488 e. The molecule has 0 bridgehead atoms. The average Bonchev–Trinajstić information content (AvgIpc) is 2.97. The van der Waals surface area contributed by atoms with E-state index in [1.165, 1.54) is 23.1 Å². The fraction of sp³-hybridized carbons (Fsp3) is 0.278. The predicted molar refractivity (Wildman–Crippen MR) is 96.3 cm³/mol. The van der Waals surface area contributed by atoms with E-state index in [2.05, 4.69) is 33.5 Å². The number of rotatable bonds is 4. The number of carbonyl (C=O) groups is 1. The van der Waals surface area contributed by atoms with E-state index in [4.69, 9.17) is 9.47 Å². The molecule has 1 aliphatic heterocycles. The van der Waals surface area contributed by atoms with Gasteiger partial charge in [-0.2, -0.15) is 0 Å². The first kappa shape index (κ1) is 16.3. The quantitative estimate of drug-likeness (QED) is 0.564. The molecule has 0 atom stereocenters. The number of hydrogen-bond donors (Lipinski definition) is 0. The van der Waals surface area contributed by atoms with Gasteiger partial charge in [0.25, 0.3) is 0 Å². The Kier molecular flexibility index (Phi) is 5.18. The van der Waals surface area contributed by atoms with Crippen molar-refractivity contribution in [3.8, 4) is 5.75 Å². The maximum Gasteiger partial charge on any atom is 0.309 e. The Morgan fingerprint density at radius 2 is 2.30 bits per heavy atom. The van der Waals surface area contributed by atoms with Gasteiger partial charge in [0.15, 0.2) is 0 Å². The summed E-state index contributed by atoms with van der Waals surface area (Å²) in [5.41, 5.74) is 4.38. The van der Waals surface area contributed by atoms with Crippen molar-refractivity contribution >= 4 is 38.8 Å². The van der Waals surface area contributed by atoms with E-state index >= 15 is 0 Å². The van der Waals surface area contributed by atoms with Gasteiger partial charge in [0, 0.05) is 21.3 Å². The maximum absolute atomic E-state index is 11.6. The Morgan fingerprint density at radius 1 is 1.43 bits per heavy atom. The van der Waals surface area contributed by atoms with E-state index in [9.17, 15) is 4.79 Å². The van der Waals surface area contributed by atoms with Crippen LogP contribution < -0.4 is 4.74 Å². The van der Waals surface area contributed by atoms with Crippen LogP contribution in [0.1, 0.15) is 28.0 Å². The lowest BCUT2D eigenvalue weighted by Crippen LogP contribution is -2.05. The van der Waals surface area contributed by atoms with Crippen LogP contribution in [-0.4, -0.2) is 18.4 Å². The Morgan fingerprint density at radius 3 is 3.09 bits per heavy atom. The molecule has 3 rings (SSSR count). The minimum atomic E-state index is -0.234. The fourth-order valence-electron chi connectivity index (χ4n) is 2.63. The number of methoxy groups -OCH3 is 1. The van der Waals surface area contributed by atoms with Gasteiger partial charge in [0.2, 0.25) is 0 Å². The van der Waals surface area contributed by atoms with Crippen molar-refractivity contribution in [1.29, 1.82) is 0 Å². The van der Waals surface area contributed by atoms with Gasteiger partial charge >= 0.3 is 5.97 Å². The fourth-order valence-corrected chi connectivity index (χ4v) is 3.82. The van der Waals surface area contributed by atoms with E-state index in [1.807, 2.05) is 18.2 Å². The van der Waals surface area contributed by atoms with Gasteiger partial charge in [-0.25, -0.2) is 0 Å². The van der Waals surface area contributed by atoms with Gasteiger partial charge in [-0.15, -0.1) is 11.3 Å². The second-order valence-corrected chi connectivity index (χ2v) is 6.95. The van der Waals surface area contributed by atoms with Crippen LogP contribution >= 0.6 is 27.3 Å². The van der Waals surface area contributed by atoms with Crippen LogP contribution in [0.4, 0.5) is 0 Å². The molecule has 0 fully saturated rings. The third kappa shape index (κ3) is 3.51. The summed E-state index contributed by atoms with van der Waals surface area (Å²) in [4.78, 5) is 12.8.